The van der Waals surface area contributed by atoms with Crippen molar-refractivity contribution in [3.63, 3.8) is 0 Å². The highest BCUT2D eigenvalue weighted by molar-refractivity contribution is 7.17. The standard InChI is InChI=1S/C32H26N2O6S/c1-3-18-39-31(38)29-20(2)33-32(41-29)34-26(22-12-8-5-9-13-22)25(28(36)30(34)37)27(35)23-14-16-24(17-15-23)40-19-21-10-6-4-7-11-21/h3-17,26,35H,1,18-19H2,2H3/b27-25+. The lowest BCUT2D eigenvalue weighted by molar-refractivity contribution is -0.132. The van der Waals surface area contributed by atoms with Gasteiger partial charge in [0.05, 0.1) is 17.3 Å². The van der Waals surface area contributed by atoms with Gasteiger partial charge in [-0.3, -0.25) is 14.5 Å². The monoisotopic (exact) mass is 566 g/mol. The zero-order valence-electron chi connectivity index (χ0n) is 22.2. The Hall–Kier alpha value is -5.02. The molecule has 1 amide bonds. The number of nitrogens with zero attached hydrogens (tertiary/aromatic N) is 2. The van der Waals surface area contributed by atoms with E-state index in [1.165, 1.54) is 11.0 Å². The number of aryl methyl sites for hydroxylation is 1. The van der Waals surface area contributed by atoms with Crippen LogP contribution in [0, 0.1) is 6.92 Å². The van der Waals surface area contributed by atoms with Gasteiger partial charge in [-0.1, -0.05) is 84.7 Å². The van der Waals surface area contributed by atoms with Gasteiger partial charge in [-0.25, -0.2) is 9.78 Å². The van der Waals surface area contributed by atoms with Gasteiger partial charge in [0, 0.05) is 5.56 Å². The molecule has 8 nitrogen and oxygen atoms in total. The van der Waals surface area contributed by atoms with Crippen molar-refractivity contribution >= 4 is 39.9 Å². The van der Waals surface area contributed by atoms with E-state index in [0.29, 0.717) is 29.2 Å². The predicted molar refractivity (Wildman–Crippen MR) is 156 cm³/mol. The molecule has 0 spiro atoms. The number of ketones is 1. The molecule has 5 rings (SSSR count). The number of Topliss-reactive ketones (excluding diaryl/α,β-unsaturated/α-hetero) is 1. The van der Waals surface area contributed by atoms with Crippen molar-refractivity contribution in [2.24, 2.45) is 0 Å². The van der Waals surface area contributed by atoms with Crippen molar-refractivity contribution in [1.82, 2.24) is 4.98 Å². The SMILES string of the molecule is C=CCOC(=O)c1sc(N2C(=O)C(=O)/C(=C(/O)c3ccc(OCc4ccccc4)cc3)C2c2ccccc2)nc1C. The number of aliphatic hydroxyl groups is 1. The average Bonchev–Trinajstić information content (AvgIpc) is 3.51. The lowest BCUT2D eigenvalue weighted by Crippen LogP contribution is -2.29. The predicted octanol–water partition coefficient (Wildman–Crippen LogP) is 6.00. The van der Waals surface area contributed by atoms with Crippen LogP contribution in [0.4, 0.5) is 5.13 Å². The molecule has 3 aromatic carbocycles. The maximum Gasteiger partial charge on any atom is 0.350 e. The quantitative estimate of drug-likeness (QED) is 0.0871. The van der Waals surface area contributed by atoms with Crippen molar-refractivity contribution < 1.29 is 29.0 Å². The minimum absolute atomic E-state index is 0.0239. The number of amides is 1. The number of anilines is 1. The van der Waals surface area contributed by atoms with Gasteiger partial charge >= 0.3 is 11.9 Å². The summed E-state index contributed by atoms with van der Waals surface area (Å²) in [6.45, 7) is 5.57. The zero-order chi connectivity index (χ0) is 28.9. The molecule has 1 atom stereocenters. The molecule has 0 saturated carbocycles. The van der Waals surface area contributed by atoms with E-state index < -0.39 is 23.7 Å². The molecule has 0 bridgehead atoms. The molecule has 1 aromatic heterocycles. The second-order valence-electron chi connectivity index (χ2n) is 9.18. The fraction of sp³-hybridized carbons (Fsp3) is 0.125. The molecular weight excluding hydrogens is 540 g/mol. The van der Waals surface area contributed by atoms with Gasteiger partial charge < -0.3 is 14.6 Å². The highest BCUT2D eigenvalue weighted by Crippen LogP contribution is 2.44. The molecule has 4 aromatic rings. The maximum absolute atomic E-state index is 13.4. The minimum Gasteiger partial charge on any atom is -0.507 e. The Balaban J connectivity index is 1.51. The molecule has 1 aliphatic rings. The van der Waals surface area contributed by atoms with E-state index in [0.717, 1.165) is 16.9 Å². The van der Waals surface area contributed by atoms with E-state index in [2.05, 4.69) is 11.6 Å². The van der Waals surface area contributed by atoms with Crippen LogP contribution in [0.25, 0.3) is 5.76 Å². The first-order chi connectivity index (χ1) is 19.9. The summed E-state index contributed by atoms with van der Waals surface area (Å²) in [5, 5.41) is 11.5. The first-order valence-electron chi connectivity index (χ1n) is 12.8. The van der Waals surface area contributed by atoms with Crippen molar-refractivity contribution in [1.29, 1.82) is 0 Å². The van der Waals surface area contributed by atoms with Crippen molar-refractivity contribution in [3.05, 3.63) is 130 Å². The van der Waals surface area contributed by atoms with E-state index in [1.54, 1.807) is 55.5 Å². The van der Waals surface area contributed by atoms with Crippen LogP contribution in [0.5, 0.6) is 5.75 Å². The Morgan fingerprint density at radius 2 is 1.68 bits per heavy atom. The largest absolute Gasteiger partial charge is 0.507 e. The smallest absolute Gasteiger partial charge is 0.350 e. The normalized spacial score (nSPS) is 16.0. The molecule has 2 heterocycles. The number of benzene rings is 3. The van der Waals surface area contributed by atoms with Crippen LogP contribution in [0.1, 0.15) is 38.1 Å². The first-order valence-corrected chi connectivity index (χ1v) is 13.6. The lowest BCUT2D eigenvalue weighted by Gasteiger charge is -2.23. The van der Waals surface area contributed by atoms with E-state index in [1.807, 2.05) is 36.4 Å². The van der Waals surface area contributed by atoms with Gasteiger partial charge in [0.1, 0.15) is 29.6 Å². The average molecular weight is 567 g/mol. The van der Waals surface area contributed by atoms with Crippen LogP contribution < -0.4 is 9.64 Å². The Kier molecular flexibility index (Phi) is 8.07. The third-order valence-corrected chi connectivity index (χ3v) is 7.58. The Labute approximate surface area is 240 Å². The molecule has 9 heteroatoms. The summed E-state index contributed by atoms with van der Waals surface area (Å²) in [6.07, 6.45) is 1.45. The molecule has 1 saturated heterocycles. The van der Waals surface area contributed by atoms with Gasteiger partial charge in [0.25, 0.3) is 5.78 Å². The topological polar surface area (TPSA) is 106 Å². The molecule has 1 fully saturated rings. The number of esters is 1. The third kappa shape index (κ3) is 5.66. The van der Waals surface area contributed by atoms with Crippen LogP contribution in [-0.4, -0.2) is 34.4 Å². The van der Waals surface area contributed by atoms with Crippen LogP contribution in [-0.2, 0) is 20.9 Å². The van der Waals surface area contributed by atoms with Crippen LogP contribution >= 0.6 is 11.3 Å². The van der Waals surface area contributed by atoms with Crippen LogP contribution in [0.15, 0.2) is 103 Å². The van der Waals surface area contributed by atoms with E-state index in [-0.39, 0.29) is 27.9 Å². The number of aliphatic hydroxyl groups excluding tert-OH is 1. The summed E-state index contributed by atoms with van der Waals surface area (Å²) < 4.78 is 11.0. The highest BCUT2D eigenvalue weighted by atomic mass is 32.1. The van der Waals surface area contributed by atoms with Gasteiger partial charge in [-0.15, -0.1) is 0 Å². The van der Waals surface area contributed by atoms with Gasteiger partial charge in [0.15, 0.2) is 5.13 Å². The number of carbonyl (C=O) groups excluding carboxylic acids is 3. The number of thiazole rings is 1. The lowest BCUT2D eigenvalue weighted by atomic mass is 9.95. The molecule has 1 unspecified atom stereocenters. The Bertz CT molecular complexity index is 1630. The molecule has 1 N–H and O–H groups in total. The fourth-order valence-corrected chi connectivity index (χ4v) is 5.45. The van der Waals surface area contributed by atoms with Gasteiger partial charge in [-0.05, 0) is 42.3 Å². The van der Waals surface area contributed by atoms with E-state index in [9.17, 15) is 19.5 Å². The van der Waals surface area contributed by atoms with E-state index >= 15 is 0 Å². The number of rotatable bonds is 9. The number of hydrogen-bond acceptors (Lipinski definition) is 8. The number of ether oxygens (including phenoxy) is 2. The summed E-state index contributed by atoms with van der Waals surface area (Å²) in [5.41, 5.74) is 2.23. The highest BCUT2D eigenvalue weighted by Gasteiger charge is 2.48. The second kappa shape index (κ2) is 12.0. The second-order valence-corrected chi connectivity index (χ2v) is 10.2. The summed E-state index contributed by atoms with van der Waals surface area (Å²) in [4.78, 5) is 45.2. The third-order valence-electron chi connectivity index (χ3n) is 6.44. The summed E-state index contributed by atoms with van der Waals surface area (Å²) in [7, 11) is 0. The van der Waals surface area contributed by atoms with Crippen molar-refractivity contribution in [2.45, 2.75) is 19.6 Å². The minimum atomic E-state index is -0.965. The number of aromatic nitrogens is 1. The molecule has 1 aliphatic heterocycles. The fourth-order valence-electron chi connectivity index (χ4n) is 4.46. The van der Waals surface area contributed by atoms with E-state index in [4.69, 9.17) is 9.47 Å². The maximum atomic E-state index is 13.4. The van der Waals surface area contributed by atoms with Crippen LogP contribution in [0.3, 0.4) is 0 Å². The van der Waals surface area contributed by atoms with Crippen molar-refractivity contribution in [3.8, 4) is 5.75 Å². The van der Waals surface area contributed by atoms with Gasteiger partial charge in [0.2, 0.25) is 0 Å². The summed E-state index contributed by atoms with van der Waals surface area (Å²) >= 11 is 0.947. The molecule has 206 valence electrons. The summed E-state index contributed by atoms with van der Waals surface area (Å²) in [6, 6.07) is 24.3. The Morgan fingerprint density at radius 1 is 1.02 bits per heavy atom. The zero-order valence-corrected chi connectivity index (χ0v) is 23.0. The van der Waals surface area contributed by atoms with Crippen molar-refractivity contribution in [2.75, 3.05) is 11.5 Å². The molecule has 0 aliphatic carbocycles. The molecule has 41 heavy (non-hydrogen) atoms. The molecule has 0 radical (unpaired) electrons. The first kappa shape index (κ1) is 27.5. The Morgan fingerprint density at radius 3 is 2.34 bits per heavy atom. The van der Waals surface area contributed by atoms with Crippen LogP contribution in [0.2, 0.25) is 0 Å². The summed E-state index contributed by atoms with van der Waals surface area (Å²) in [5.74, 6) is -2.06. The number of carbonyl (C=O) groups is 3. The molecular formula is C32H26N2O6S. The van der Waals surface area contributed by atoms with Gasteiger partial charge in [-0.2, -0.15) is 0 Å². The number of hydrogen-bond donors (Lipinski definition) is 1.